The molecule has 10 aromatic rings. The van der Waals surface area contributed by atoms with Crippen molar-refractivity contribution in [3.8, 4) is 39.9 Å². The number of nitrogens with zero attached hydrogens (tertiary/aromatic N) is 5. The molecule has 0 bridgehead atoms. The lowest BCUT2D eigenvalue weighted by molar-refractivity contribution is 0.980. The van der Waals surface area contributed by atoms with E-state index in [1.165, 1.54) is 27.6 Å². The molecule has 0 atom stereocenters. The second-order valence-corrected chi connectivity index (χ2v) is 16.0. The summed E-state index contributed by atoms with van der Waals surface area (Å²) in [6.45, 7) is 4.79. The van der Waals surface area contributed by atoms with E-state index in [0.29, 0.717) is 17.5 Å². The standard InChI is InChI=1S/C57H39N5/c1-37-33-49-48-28-14-15-29-52(48)62(53(49)36-61(51-30-16-24-38-17-8-12-26-46(38)51)54-44(37)32-31-39-18-9-13-27-47(39)54)43-34-42-23-10-11-25-45(42)50(35-43)57-59-55(40-19-4-2-5-20-40)58-56(60-57)41-21-6-3-7-22-41/h2-11,13-25,27-36H,1,12,26H2/b49-33-,53-36+. The van der Waals surface area contributed by atoms with Crippen LogP contribution < -0.4 is 15.5 Å². The van der Waals surface area contributed by atoms with Gasteiger partial charge in [-0.3, -0.25) is 0 Å². The van der Waals surface area contributed by atoms with Gasteiger partial charge in [0.25, 0.3) is 0 Å². The van der Waals surface area contributed by atoms with Gasteiger partial charge in [0.2, 0.25) is 0 Å². The molecule has 0 radical (unpaired) electrons. The van der Waals surface area contributed by atoms with Gasteiger partial charge < -0.3 is 9.47 Å². The highest BCUT2D eigenvalue weighted by Gasteiger charge is 2.25. The third-order valence-corrected chi connectivity index (χ3v) is 12.4. The van der Waals surface area contributed by atoms with Crippen molar-refractivity contribution in [2.75, 3.05) is 4.90 Å². The number of fused-ring (bicyclic) bond motifs is 8. The molecule has 3 heterocycles. The molecule has 0 fully saturated rings. The highest BCUT2D eigenvalue weighted by atomic mass is 15.1. The van der Waals surface area contributed by atoms with E-state index in [2.05, 4.69) is 173 Å². The lowest BCUT2D eigenvalue weighted by Gasteiger charge is -2.30. The first-order chi connectivity index (χ1) is 30.7. The van der Waals surface area contributed by atoms with Crippen LogP contribution in [0.1, 0.15) is 23.1 Å². The van der Waals surface area contributed by atoms with Gasteiger partial charge in [-0.15, -0.1) is 0 Å². The van der Waals surface area contributed by atoms with Crippen molar-refractivity contribution in [3.63, 3.8) is 0 Å². The van der Waals surface area contributed by atoms with Crippen molar-refractivity contribution in [1.29, 1.82) is 0 Å². The topological polar surface area (TPSA) is 46.8 Å². The lowest BCUT2D eigenvalue weighted by atomic mass is 9.92. The summed E-state index contributed by atoms with van der Waals surface area (Å²) >= 11 is 0. The Hall–Kier alpha value is -8.15. The maximum absolute atomic E-state index is 5.23. The highest BCUT2D eigenvalue weighted by Crippen LogP contribution is 2.43. The largest absolute Gasteiger partial charge is 0.314 e. The molecule has 12 rings (SSSR count). The molecule has 1 aliphatic carbocycles. The Balaban J connectivity index is 1.18. The van der Waals surface area contributed by atoms with Crippen LogP contribution in [0.25, 0.3) is 96.2 Å². The van der Waals surface area contributed by atoms with Crippen LogP contribution in [0.3, 0.4) is 0 Å². The SMILES string of the molecule is C=C1/C=c2\c(n(-c3cc(-c4nc(-c5ccccc5)nc(-c5ccccc5)n4)c4ccccc4c3)c3ccccc23)=C/N(c2cccc3c2CCC=C3)c2c1ccc1ccccc21. The van der Waals surface area contributed by atoms with Crippen molar-refractivity contribution < 1.29 is 0 Å². The van der Waals surface area contributed by atoms with E-state index in [1.54, 1.807) is 0 Å². The summed E-state index contributed by atoms with van der Waals surface area (Å²) < 4.78 is 2.42. The van der Waals surface area contributed by atoms with Crippen molar-refractivity contribution in [2.45, 2.75) is 12.8 Å². The summed E-state index contributed by atoms with van der Waals surface area (Å²) in [4.78, 5) is 18.0. The lowest BCUT2D eigenvalue weighted by Crippen LogP contribution is -2.33. The first-order valence-corrected chi connectivity index (χ1v) is 21.2. The Kier molecular flexibility index (Phi) is 8.39. The van der Waals surface area contributed by atoms with Crippen molar-refractivity contribution >= 4 is 67.7 Å². The molecule has 0 saturated carbocycles. The molecule has 62 heavy (non-hydrogen) atoms. The van der Waals surface area contributed by atoms with Gasteiger partial charge in [-0.25, -0.2) is 15.0 Å². The molecule has 2 aliphatic rings. The van der Waals surface area contributed by atoms with Crippen LogP contribution >= 0.6 is 0 Å². The van der Waals surface area contributed by atoms with E-state index < -0.39 is 0 Å². The Morgan fingerprint density at radius 2 is 1.19 bits per heavy atom. The normalized spacial score (nSPS) is 14.3. The Bertz CT molecular complexity index is 3540. The average molecular weight is 794 g/mol. The summed E-state index contributed by atoms with van der Waals surface area (Å²) in [5.41, 5.74) is 11.9. The Morgan fingerprint density at radius 3 is 1.97 bits per heavy atom. The van der Waals surface area contributed by atoms with E-state index in [9.17, 15) is 0 Å². The first-order valence-electron chi connectivity index (χ1n) is 21.2. The van der Waals surface area contributed by atoms with E-state index >= 15 is 0 Å². The fraction of sp³-hybridized carbons (Fsp3) is 0.0351. The number of aromatic nitrogens is 4. The predicted octanol–water partition coefficient (Wildman–Crippen LogP) is 12.5. The molecule has 8 aromatic carbocycles. The van der Waals surface area contributed by atoms with Crippen molar-refractivity contribution in [2.24, 2.45) is 0 Å². The number of allylic oxidation sites excluding steroid dienone is 2. The summed E-state index contributed by atoms with van der Waals surface area (Å²) in [5.74, 6) is 1.87. The average Bonchev–Trinajstić information content (AvgIpc) is 3.63. The zero-order valence-corrected chi connectivity index (χ0v) is 33.9. The number of anilines is 2. The van der Waals surface area contributed by atoms with Gasteiger partial charge in [-0.2, -0.15) is 0 Å². The molecule has 5 heteroatoms. The predicted molar refractivity (Wildman–Crippen MR) is 258 cm³/mol. The van der Waals surface area contributed by atoms with Gasteiger partial charge in [0.05, 0.1) is 16.6 Å². The van der Waals surface area contributed by atoms with Gasteiger partial charge in [-0.1, -0.05) is 170 Å². The minimum Gasteiger partial charge on any atom is -0.314 e. The van der Waals surface area contributed by atoms with Crippen LogP contribution in [0, 0.1) is 0 Å². The summed E-state index contributed by atoms with van der Waals surface area (Å²) in [6.07, 6.45) is 11.2. The number of hydrogen-bond acceptors (Lipinski definition) is 4. The van der Waals surface area contributed by atoms with Crippen LogP contribution in [0.5, 0.6) is 0 Å². The molecule has 0 spiro atoms. The third kappa shape index (κ3) is 5.89. The van der Waals surface area contributed by atoms with Gasteiger partial charge in [0, 0.05) is 55.8 Å². The molecule has 0 N–H and O–H groups in total. The van der Waals surface area contributed by atoms with Crippen molar-refractivity contribution in [3.05, 3.63) is 216 Å². The molecular formula is C57H39N5. The molecule has 2 aromatic heterocycles. The Morgan fingerprint density at radius 1 is 0.532 bits per heavy atom. The molecule has 5 nitrogen and oxygen atoms in total. The van der Waals surface area contributed by atoms with Crippen LogP contribution in [0.2, 0.25) is 0 Å². The molecule has 0 saturated heterocycles. The molecule has 292 valence electrons. The van der Waals surface area contributed by atoms with Crippen LogP contribution in [0.15, 0.2) is 189 Å². The minimum atomic E-state index is 0.616. The molecule has 0 amide bonds. The number of benzene rings is 8. The van der Waals surface area contributed by atoms with Gasteiger partial charge in [-0.05, 0) is 76.0 Å². The third-order valence-electron chi connectivity index (χ3n) is 12.4. The zero-order chi connectivity index (χ0) is 41.1. The maximum atomic E-state index is 5.23. The van der Waals surface area contributed by atoms with Crippen LogP contribution in [-0.2, 0) is 6.42 Å². The van der Waals surface area contributed by atoms with E-state index in [-0.39, 0.29) is 0 Å². The Labute approximate surface area is 359 Å². The van der Waals surface area contributed by atoms with Gasteiger partial charge in [0.15, 0.2) is 17.5 Å². The molecular weight excluding hydrogens is 755 g/mol. The van der Waals surface area contributed by atoms with Gasteiger partial charge >= 0.3 is 0 Å². The fourth-order valence-electron chi connectivity index (χ4n) is 9.47. The number of hydrogen-bond donors (Lipinski definition) is 0. The summed E-state index contributed by atoms with van der Waals surface area (Å²) in [7, 11) is 0. The van der Waals surface area contributed by atoms with Crippen molar-refractivity contribution in [1.82, 2.24) is 19.5 Å². The minimum absolute atomic E-state index is 0.616. The summed E-state index contributed by atoms with van der Waals surface area (Å²) in [5, 5.41) is 7.84. The highest BCUT2D eigenvalue weighted by molar-refractivity contribution is 6.09. The molecule has 0 unspecified atom stereocenters. The van der Waals surface area contributed by atoms with Crippen LogP contribution in [-0.4, -0.2) is 19.5 Å². The quantitative estimate of drug-likeness (QED) is 0.174. The van der Waals surface area contributed by atoms with E-state index in [1.807, 2.05) is 36.4 Å². The van der Waals surface area contributed by atoms with Gasteiger partial charge in [0.1, 0.15) is 0 Å². The fourth-order valence-corrected chi connectivity index (χ4v) is 9.47. The first kappa shape index (κ1) is 35.8. The molecule has 1 aliphatic heterocycles. The second kappa shape index (κ2) is 14.5. The second-order valence-electron chi connectivity index (χ2n) is 16.0. The van der Waals surface area contributed by atoms with E-state index in [0.717, 1.165) is 84.3 Å². The zero-order valence-electron chi connectivity index (χ0n) is 33.9. The number of para-hydroxylation sites is 1. The van der Waals surface area contributed by atoms with E-state index in [4.69, 9.17) is 21.5 Å². The summed E-state index contributed by atoms with van der Waals surface area (Å²) in [6, 6.07) is 62.1. The monoisotopic (exact) mass is 793 g/mol. The smallest absolute Gasteiger partial charge is 0.164 e. The maximum Gasteiger partial charge on any atom is 0.164 e. The number of rotatable bonds is 5. The van der Waals surface area contributed by atoms with Crippen LogP contribution in [0.4, 0.5) is 11.4 Å².